The van der Waals surface area contributed by atoms with Gasteiger partial charge in [0.05, 0.1) is 5.25 Å². The van der Waals surface area contributed by atoms with E-state index in [0.29, 0.717) is 6.42 Å². The van der Waals surface area contributed by atoms with E-state index in [0.717, 1.165) is 43.4 Å². The molecule has 1 unspecified atom stereocenters. The summed E-state index contributed by atoms with van der Waals surface area (Å²) in [5.41, 5.74) is 0.899. The highest BCUT2D eigenvalue weighted by Gasteiger charge is 2.23. The first kappa shape index (κ1) is 19.6. The van der Waals surface area contributed by atoms with E-state index in [1.54, 1.807) is 13.1 Å². The molecule has 1 saturated heterocycles. The molecule has 8 heteroatoms. The molecule has 1 aliphatic heterocycles. The van der Waals surface area contributed by atoms with E-state index in [2.05, 4.69) is 24.5 Å². The number of nitrogens with zero attached hydrogens (tertiary/aromatic N) is 4. The molecular formula is C19H27N5O2S. The number of aromatic nitrogens is 2. The van der Waals surface area contributed by atoms with Gasteiger partial charge in [0.15, 0.2) is 0 Å². The number of pyridine rings is 2. The average Bonchev–Trinajstić information content (AvgIpc) is 2.72. The van der Waals surface area contributed by atoms with Crippen LogP contribution in [-0.4, -0.2) is 49.8 Å². The summed E-state index contributed by atoms with van der Waals surface area (Å²) in [7, 11) is -3.31. The fourth-order valence-electron chi connectivity index (χ4n) is 3.08. The third kappa shape index (κ3) is 4.75. The average molecular weight is 390 g/mol. The van der Waals surface area contributed by atoms with Gasteiger partial charge < -0.3 is 9.80 Å². The number of sulfonamides is 1. The van der Waals surface area contributed by atoms with E-state index in [4.69, 9.17) is 0 Å². The van der Waals surface area contributed by atoms with Crippen molar-refractivity contribution in [1.29, 1.82) is 0 Å². The summed E-state index contributed by atoms with van der Waals surface area (Å²) >= 11 is 0. The maximum atomic E-state index is 12.3. The van der Waals surface area contributed by atoms with Gasteiger partial charge in [-0.3, -0.25) is 0 Å². The molecule has 2 aromatic rings. The second-order valence-electron chi connectivity index (χ2n) is 6.73. The minimum absolute atomic E-state index is 0.260. The second-order valence-corrected chi connectivity index (χ2v) is 8.92. The highest BCUT2D eigenvalue weighted by Crippen LogP contribution is 2.21. The summed E-state index contributed by atoms with van der Waals surface area (Å²) in [5, 5.41) is -0.403. The van der Waals surface area contributed by atoms with Gasteiger partial charge in [-0.15, -0.1) is 0 Å². The van der Waals surface area contributed by atoms with Crippen molar-refractivity contribution in [2.45, 2.75) is 32.1 Å². The summed E-state index contributed by atoms with van der Waals surface area (Å²) in [6.07, 6.45) is 4.15. The van der Waals surface area contributed by atoms with Crippen molar-refractivity contribution in [3.8, 4) is 0 Å². The van der Waals surface area contributed by atoms with E-state index in [1.165, 1.54) is 0 Å². The quantitative estimate of drug-likeness (QED) is 0.781. The third-order valence-electron chi connectivity index (χ3n) is 4.99. The van der Waals surface area contributed by atoms with Gasteiger partial charge in [-0.2, -0.15) is 0 Å². The fourth-order valence-corrected chi connectivity index (χ4v) is 4.16. The summed E-state index contributed by atoms with van der Waals surface area (Å²) in [6.45, 7) is 7.20. The van der Waals surface area contributed by atoms with Gasteiger partial charge in [-0.1, -0.05) is 19.1 Å². The van der Waals surface area contributed by atoms with E-state index < -0.39 is 15.3 Å². The molecule has 1 atom stereocenters. The number of rotatable bonds is 7. The number of hydrogen-bond donors (Lipinski definition) is 1. The van der Waals surface area contributed by atoms with Crippen molar-refractivity contribution in [2.75, 3.05) is 36.0 Å². The van der Waals surface area contributed by atoms with Gasteiger partial charge in [0.2, 0.25) is 10.0 Å². The normalized spacial score (nSPS) is 16.4. The van der Waals surface area contributed by atoms with Crippen LogP contribution < -0.4 is 14.5 Å². The van der Waals surface area contributed by atoms with E-state index in [1.807, 2.05) is 43.5 Å². The Morgan fingerprint density at radius 3 is 2.41 bits per heavy atom. The van der Waals surface area contributed by atoms with E-state index >= 15 is 0 Å². The Kier molecular flexibility index (Phi) is 6.28. The Morgan fingerprint density at radius 2 is 1.74 bits per heavy atom. The zero-order chi connectivity index (χ0) is 19.3. The molecule has 1 aliphatic rings. The molecule has 27 heavy (non-hydrogen) atoms. The molecular weight excluding hydrogens is 362 g/mol. The third-order valence-corrected chi connectivity index (χ3v) is 6.93. The molecule has 3 rings (SSSR count). The van der Waals surface area contributed by atoms with Crippen LogP contribution in [0.4, 0.5) is 11.6 Å². The Bertz CT molecular complexity index is 836. The highest BCUT2D eigenvalue weighted by molar-refractivity contribution is 7.90. The molecule has 0 bridgehead atoms. The lowest BCUT2D eigenvalue weighted by atomic mass is 10.2. The van der Waals surface area contributed by atoms with Crippen LogP contribution in [0, 0.1) is 0 Å². The van der Waals surface area contributed by atoms with Crippen LogP contribution in [0.5, 0.6) is 0 Å². The summed E-state index contributed by atoms with van der Waals surface area (Å²) in [5.74, 6) is 1.84. The van der Waals surface area contributed by atoms with Crippen LogP contribution in [0.15, 0.2) is 42.7 Å². The summed E-state index contributed by atoms with van der Waals surface area (Å²) in [6, 6.07) is 9.72. The van der Waals surface area contributed by atoms with Gasteiger partial charge in [0.1, 0.15) is 11.6 Å². The SMILES string of the molecule is CCC(C)S(=O)(=O)NCc1cccnc1N1CCN(c2ccccn2)CC1. The minimum atomic E-state index is -3.31. The fraction of sp³-hybridized carbons (Fsp3) is 0.474. The Labute approximate surface area is 161 Å². The monoisotopic (exact) mass is 389 g/mol. The van der Waals surface area contributed by atoms with Crippen LogP contribution in [0.3, 0.4) is 0 Å². The lowest BCUT2D eigenvalue weighted by Crippen LogP contribution is -2.47. The number of anilines is 2. The topological polar surface area (TPSA) is 78.4 Å². The molecule has 0 saturated carbocycles. The number of nitrogens with one attached hydrogen (secondary N) is 1. The predicted molar refractivity (Wildman–Crippen MR) is 108 cm³/mol. The van der Waals surface area contributed by atoms with Crippen LogP contribution >= 0.6 is 0 Å². The maximum absolute atomic E-state index is 12.3. The molecule has 0 radical (unpaired) electrons. The van der Waals surface area contributed by atoms with Gasteiger partial charge in [0, 0.05) is 50.7 Å². The predicted octanol–water partition coefficient (Wildman–Crippen LogP) is 2.02. The van der Waals surface area contributed by atoms with Gasteiger partial charge in [0.25, 0.3) is 0 Å². The first-order valence-electron chi connectivity index (χ1n) is 9.34. The van der Waals surface area contributed by atoms with Crippen LogP contribution in [-0.2, 0) is 16.6 Å². The van der Waals surface area contributed by atoms with Crippen molar-refractivity contribution in [3.63, 3.8) is 0 Å². The molecule has 3 heterocycles. The van der Waals surface area contributed by atoms with Crippen molar-refractivity contribution in [1.82, 2.24) is 14.7 Å². The first-order valence-corrected chi connectivity index (χ1v) is 10.9. The largest absolute Gasteiger partial charge is 0.353 e. The smallest absolute Gasteiger partial charge is 0.214 e. The summed E-state index contributed by atoms with van der Waals surface area (Å²) in [4.78, 5) is 13.4. The van der Waals surface area contributed by atoms with Crippen LogP contribution in [0.2, 0.25) is 0 Å². The van der Waals surface area contributed by atoms with Gasteiger partial charge in [-0.25, -0.2) is 23.1 Å². The molecule has 0 aromatic carbocycles. The number of piperazine rings is 1. The van der Waals surface area contributed by atoms with E-state index in [9.17, 15) is 8.42 Å². The van der Waals surface area contributed by atoms with Crippen molar-refractivity contribution in [2.24, 2.45) is 0 Å². The molecule has 1 fully saturated rings. The highest BCUT2D eigenvalue weighted by atomic mass is 32.2. The minimum Gasteiger partial charge on any atom is -0.353 e. The van der Waals surface area contributed by atoms with Gasteiger partial charge in [-0.05, 0) is 31.5 Å². The van der Waals surface area contributed by atoms with Crippen LogP contribution in [0.25, 0.3) is 0 Å². The maximum Gasteiger partial charge on any atom is 0.214 e. The molecule has 2 aromatic heterocycles. The van der Waals surface area contributed by atoms with Crippen molar-refractivity contribution in [3.05, 3.63) is 48.3 Å². The van der Waals surface area contributed by atoms with Crippen LogP contribution in [0.1, 0.15) is 25.8 Å². The molecule has 0 spiro atoms. The zero-order valence-corrected chi connectivity index (χ0v) is 16.7. The lowest BCUT2D eigenvalue weighted by molar-refractivity contribution is 0.565. The molecule has 1 N–H and O–H groups in total. The molecule has 0 amide bonds. The summed E-state index contributed by atoms with van der Waals surface area (Å²) < 4.78 is 27.3. The molecule has 146 valence electrons. The lowest BCUT2D eigenvalue weighted by Gasteiger charge is -2.36. The molecule has 0 aliphatic carbocycles. The standard InChI is InChI=1S/C19H27N5O2S/c1-3-16(2)27(25,26)22-15-17-7-6-10-21-19(17)24-13-11-23(12-14-24)18-8-4-5-9-20-18/h4-10,16,22H,3,11-15H2,1-2H3. The Hall–Kier alpha value is -2.19. The first-order chi connectivity index (χ1) is 13.0. The van der Waals surface area contributed by atoms with Gasteiger partial charge >= 0.3 is 0 Å². The Balaban J connectivity index is 1.66. The zero-order valence-electron chi connectivity index (χ0n) is 15.9. The van der Waals surface area contributed by atoms with E-state index in [-0.39, 0.29) is 6.54 Å². The molecule has 7 nitrogen and oxygen atoms in total. The van der Waals surface area contributed by atoms with Crippen molar-refractivity contribution < 1.29 is 8.42 Å². The number of hydrogen-bond acceptors (Lipinski definition) is 6. The van der Waals surface area contributed by atoms with Crippen molar-refractivity contribution >= 4 is 21.7 Å². The Morgan fingerprint density at radius 1 is 1.04 bits per heavy atom. The second kappa shape index (κ2) is 8.67.